The normalized spacial score (nSPS) is 20.2. The third-order valence-electron chi connectivity index (χ3n) is 3.22. The van der Waals surface area contributed by atoms with Gasteiger partial charge in [0.25, 0.3) is 0 Å². The maximum absolute atomic E-state index is 5.30. The smallest absolute Gasteiger partial charge is 0.191 e. The number of ether oxygens (including phenoxy) is 1. The first-order chi connectivity index (χ1) is 8.77. The monoisotopic (exact) mass is 384 g/mol. The fraction of sp³-hybridized carbons (Fsp3) is 0.923. The van der Waals surface area contributed by atoms with Crippen molar-refractivity contribution in [2.45, 2.75) is 32.7 Å². The summed E-state index contributed by atoms with van der Waals surface area (Å²) < 4.78 is 5.30. The molecule has 6 heteroatoms. The Morgan fingerprint density at radius 3 is 2.74 bits per heavy atom. The molecule has 1 rings (SSSR count). The Morgan fingerprint density at radius 2 is 2.16 bits per heavy atom. The highest BCUT2D eigenvalue weighted by Crippen LogP contribution is 2.14. The molecule has 1 aliphatic rings. The van der Waals surface area contributed by atoms with Crippen molar-refractivity contribution in [2.24, 2.45) is 4.99 Å². The summed E-state index contributed by atoms with van der Waals surface area (Å²) in [5, 5.41) is 6.55. The third-order valence-corrected chi connectivity index (χ3v) is 3.22. The van der Waals surface area contributed by atoms with Crippen LogP contribution >= 0.6 is 24.0 Å². The van der Waals surface area contributed by atoms with Crippen molar-refractivity contribution >= 4 is 29.9 Å². The molecule has 0 bridgehead atoms. The Balaban J connectivity index is 0.00000324. The summed E-state index contributed by atoms with van der Waals surface area (Å²) in [7, 11) is 2.18. The molecule has 0 radical (unpaired) electrons. The Morgan fingerprint density at radius 1 is 1.37 bits per heavy atom. The van der Waals surface area contributed by atoms with Crippen molar-refractivity contribution in [1.82, 2.24) is 15.5 Å². The minimum atomic E-state index is 0. The molecule has 19 heavy (non-hydrogen) atoms. The van der Waals surface area contributed by atoms with Gasteiger partial charge in [0.1, 0.15) is 0 Å². The Kier molecular flexibility index (Phi) is 11.7. The van der Waals surface area contributed by atoms with Crippen LogP contribution in [0.5, 0.6) is 0 Å². The number of halogens is 1. The molecule has 114 valence electrons. The van der Waals surface area contributed by atoms with Gasteiger partial charge in [-0.05, 0) is 40.3 Å². The van der Waals surface area contributed by atoms with Gasteiger partial charge in [-0.1, -0.05) is 0 Å². The highest BCUT2D eigenvalue weighted by atomic mass is 127. The van der Waals surface area contributed by atoms with Crippen LogP contribution in [-0.4, -0.2) is 63.3 Å². The predicted octanol–water partition coefficient (Wildman–Crippen LogP) is 1.29. The van der Waals surface area contributed by atoms with E-state index in [1.54, 1.807) is 0 Å². The fourth-order valence-corrected chi connectivity index (χ4v) is 2.13. The van der Waals surface area contributed by atoms with E-state index in [1.807, 2.05) is 6.92 Å². The molecule has 0 aromatic rings. The average Bonchev–Trinajstić information content (AvgIpc) is 2.77. The van der Waals surface area contributed by atoms with Gasteiger partial charge < -0.3 is 20.3 Å². The minimum absolute atomic E-state index is 0. The lowest BCUT2D eigenvalue weighted by atomic mass is 10.2. The van der Waals surface area contributed by atoms with Gasteiger partial charge in [-0.3, -0.25) is 4.99 Å². The summed E-state index contributed by atoms with van der Waals surface area (Å²) in [5.74, 6) is 0.900. The molecule has 1 fully saturated rings. The maximum Gasteiger partial charge on any atom is 0.191 e. The van der Waals surface area contributed by atoms with E-state index >= 15 is 0 Å². The molecule has 1 unspecified atom stereocenters. The van der Waals surface area contributed by atoms with Gasteiger partial charge in [0.05, 0.1) is 13.2 Å². The maximum atomic E-state index is 5.30. The van der Waals surface area contributed by atoms with Gasteiger partial charge in [0.2, 0.25) is 0 Å². The summed E-state index contributed by atoms with van der Waals surface area (Å²) >= 11 is 0. The zero-order chi connectivity index (χ0) is 13.2. The van der Waals surface area contributed by atoms with Crippen molar-refractivity contribution in [3.63, 3.8) is 0 Å². The van der Waals surface area contributed by atoms with Crippen LogP contribution in [0.4, 0.5) is 0 Å². The molecule has 0 aromatic carbocycles. The van der Waals surface area contributed by atoms with E-state index in [1.165, 1.54) is 19.4 Å². The van der Waals surface area contributed by atoms with Gasteiger partial charge in [0, 0.05) is 25.7 Å². The number of likely N-dealkylation sites (N-methyl/N-ethyl adjacent to an activating group) is 1. The largest absolute Gasteiger partial charge is 0.380 e. The van der Waals surface area contributed by atoms with Crippen LogP contribution < -0.4 is 10.6 Å². The van der Waals surface area contributed by atoms with E-state index in [4.69, 9.17) is 4.74 Å². The molecule has 1 saturated heterocycles. The molecule has 0 aromatic heterocycles. The fourth-order valence-electron chi connectivity index (χ4n) is 2.13. The van der Waals surface area contributed by atoms with E-state index in [0.29, 0.717) is 6.04 Å². The molecule has 1 atom stereocenters. The second kappa shape index (κ2) is 11.7. The van der Waals surface area contributed by atoms with Crippen LogP contribution in [0.15, 0.2) is 4.99 Å². The number of likely N-dealkylation sites (tertiary alicyclic amines) is 1. The number of nitrogens with one attached hydrogen (secondary N) is 2. The van der Waals surface area contributed by atoms with E-state index in [9.17, 15) is 0 Å². The van der Waals surface area contributed by atoms with Crippen LogP contribution in [-0.2, 0) is 4.74 Å². The van der Waals surface area contributed by atoms with Crippen LogP contribution in [0.25, 0.3) is 0 Å². The standard InChI is InChI=1S/C13H28N4O.HI/c1-4-14-13(15-8-10-18-5-2)16-11-12-7-6-9-17(12)3;/h12H,4-11H2,1-3H3,(H2,14,15,16);1H. The Labute approximate surface area is 134 Å². The highest BCUT2D eigenvalue weighted by Gasteiger charge is 2.20. The predicted molar refractivity (Wildman–Crippen MR) is 91.5 cm³/mol. The summed E-state index contributed by atoms with van der Waals surface area (Å²) in [6.45, 7) is 9.36. The number of rotatable bonds is 7. The van der Waals surface area contributed by atoms with E-state index in [2.05, 4.69) is 34.5 Å². The number of hydrogen-bond donors (Lipinski definition) is 2. The van der Waals surface area contributed by atoms with Crippen molar-refractivity contribution < 1.29 is 4.74 Å². The van der Waals surface area contributed by atoms with Crippen LogP contribution in [0, 0.1) is 0 Å². The highest BCUT2D eigenvalue weighted by molar-refractivity contribution is 14.0. The molecular formula is C13H29IN4O. The van der Waals surface area contributed by atoms with E-state index in [0.717, 1.165) is 38.8 Å². The van der Waals surface area contributed by atoms with Crippen LogP contribution in [0.2, 0.25) is 0 Å². The Hall–Kier alpha value is -0.0800. The van der Waals surface area contributed by atoms with Crippen molar-refractivity contribution in [1.29, 1.82) is 0 Å². The zero-order valence-electron chi connectivity index (χ0n) is 12.4. The molecule has 5 nitrogen and oxygen atoms in total. The molecule has 0 aliphatic carbocycles. The van der Waals surface area contributed by atoms with Crippen LogP contribution in [0.3, 0.4) is 0 Å². The average molecular weight is 384 g/mol. The van der Waals surface area contributed by atoms with E-state index in [-0.39, 0.29) is 24.0 Å². The molecule has 0 spiro atoms. The first-order valence-corrected chi connectivity index (χ1v) is 7.08. The number of guanidine groups is 1. The van der Waals surface area contributed by atoms with Gasteiger partial charge in [-0.15, -0.1) is 24.0 Å². The summed E-state index contributed by atoms with van der Waals surface area (Å²) in [6, 6.07) is 0.604. The zero-order valence-corrected chi connectivity index (χ0v) is 14.8. The topological polar surface area (TPSA) is 48.9 Å². The molecular weight excluding hydrogens is 355 g/mol. The molecule has 1 aliphatic heterocycles. The second-order valence-corrected chi connectivity index (χ2v) is 4.62. The number of aliphatic imine (C=N–C) groups is 1. The first-order valence-electron chi connectivity index (χ1n) is 7.08. The summed E-state index contributed by atoms with van der Waals surface area (Å²) in [6.07, 6.45) is 2.56. The van der Waals surface area contributed by atoms with Gasteiger partial charge in [-0.2, -0.15) is 0 Å². The quantitative estimate of drug-likeness (QED) is 0.301. The first kappa shape index (κ1) is 18.9. The van der Waals surface area contributed by atoms with Gasteiger partial charge in [-0.25, -0.2) is 0 Å². The van der Waals surface area contributed by atoms with Crippen molar-refractivity contribution in [3.05, 3.63) is 0 Å². The number of hydrogen-bond acceptors (Lipinski definition) is 3. The number of nitrogens with zero attached hydrogens (tertiary/aromatic N) is 2. The van der Waals surface area contributed by atoms with Gasteiger partial charge in [0.15, 0.2) is 5.96 Å². The molecule has 0 amide bonds. The van der Waals surface area contributed by atoms with Gasteiger partial charge >= 0.3 is 0 Å². The SMILES string of the molecule is CCNC(=NCC1CCCN1C)NCCOCC.I. The minimum Gasteiger partial charge on any atom is -0.380 e. The molecule has 2 N–H and O–H groups in total. The second-order valence-electron chi connectivity index (χ2n) is 4.62. The third kappa shape index (κ3) is 7.94. The lowest BCUT2D eigenvalue weighted by molar-refractivity contribution is 0.152. The lowest BCUT2D eigenvalue weighted by Crippen LogP contribution is -2.40. The lowest BCUT2D eigenvalue weighted by Gasteiger charge is -2.18. The molecule has 0 saturated carbocycles. The summed E-state index contributed by atoms with van der Waals surface area (Å²) in [5.41, 5.74) is 0. The summed E-state index contributed by atoms with van der Waals surface area (Å²) in [4.78, 5) is 7.04. The van der Waals surface area contributed by atoms with Crippen LogP contribution in [0.1, 0.15) is 26.7 Å². The van der Waals surface area contributed by atoms with Crippen molar-refractivity contribution in [3.8, 4) is 0 Å². The van der Waals surface area contributed by atoms with E-state index < -0.39 is 0 Å². The van der Waals surface area contributed by atoms with Crippen molar-refractivity contribution in [2.75, 3.05) is 46.4 Å². The molecule has 1 heterocycles. The Bertz CT molecular complexity index is 251.